The summed E-state index contributed by atoms with van der Waals surface area (Å²) in [5, 5.41) is 0. The van der Waals surface area contributed by atoms with Crippen molar-refractivity contribution in [3.63, 3.8) is 0 Å². The van der Waals surface area contributed by atoms with Crippen molar-refractivity contribution in [2.45, 2.75) is 19.8 Å². The van der Waals surface area contributed by atoms with Gasteiger partial charge in [-0.25, -0.2) is 9.59 Å². The summed E-state index contributed by atoms with van der Waals surface area (Å²) in [5.41, 5.74) is 0.187. The Kier molecular flexibility index (Phi) is 2.44. The molecule has 3 heteroatoms. The molecule has 1 fully saturated rings. The fraction of sp³-hybridized carbons (Fsp3) is 0.625. The smallest absolute Gasteiger partial charge is 0.345 e. The number of esters is 1. The third-order valence-corrected chi connectivity index (χ3v) is 1.59. The van der Waals surface area contributed by atoms with E-state index in [1.165, 1.54) is 0 Å². The van der Waals surface area contributed by atoms with Gasteiger partial charge in [-0.05, 0) is 19.8 Å². The minimum Gasteiger partial charge on any atom is -0.462 e. The largest absolute Gasteiger partial charge is 0.462 e. The molecule has 0 unspecified atom stereocenters. The summed E-state index contributed by atoms with van der Waals surface area (Å²) < 4.78 is 4.66. The summed E-state index contributed by atoms with van der Waals surface area (Å²) >= 11 is 0. The van der Waals surface area contributed by atoms with Crippen molar-refractivity contribution in [2.75, 3.05) is 6.61 Å². The van der Waals surface area contributed by atoms with Gasteiger partial charge in [0.25, 0.3) is 0 Å². The van der Waals surface area contributed by atoms with Gasteiger partial charge < -0.3 is 4.74 Å². The van der Waals surface area contributed by atoms with E-state index in [1.54, 1.807) is 12.9 Å². The van der Waals surface area contributed by atoms with Gasteiger partial charge in [-0.2, -0.15) is 0 Å². The van der Waals surface area contributed by atoms with Crippen LogP contribution >= 0.6 is 0 Å². The SMILES string of the molecule is CCOC(=O)C(=C=O)C1CC1. The van der Waals surface area contributed by atoms with Crippen molar-refractivity contribution >= 4 is 11.9 Å². The highest BCUT2D eigenvalue weighted by Crippen LogP contribution is 2.35. The molecule has 1 aliphatic rings. The first kappa shape index (κ1) is 8.02. The van der Waals surface area contributed by atoms with Gasteiger partial charge in [0.2, 0.25) is 0 Å². The molecule has 0 aromatic carbocycles. The van der Waals surface area contributed by atoms with Gasteiger partial charge in [0.1, 0.15) is 11.5 Å². The fourth-order valence-electron chi connectivity index (χ4n) is 0.873. The van der Waals surface area contributed by atoms with Crippen LogP contribution < -0.4 is 0 Å². The van der Waals surface area contributed by atoms with Crippen molar-refractivity contribution in [3.8, 4) is 0 Å². The summed E-state index contributed by atoms with van der Waals surface area (Å²) in [6.07, 6.45) is 1.84. The molecule has 0 saturated heterocycles. The average molecular weight is 154 g/mol. The quantitative estimate of drug-likeness (QED) is 0.341. The van der Waals surface area contributed by atoms with Crippen LogP contribution in [0.1, 0.15) is 19.8 Å². The van der Waals surface area contributed by atoms with Gasteiger partial charge in [0.15, 0.2) is 0 Å². The molecule has 0 aromatic rings. The molecule has 0 aromatic heterocycles. The zero-order chi connectivity index (χ0) is 8.27. The van der Waals surface area contributed by atoms with E-state index in [0.717, 1.165) is 12.8 Å². The third kappa shape index (κ3) is 1.92. The highest BCUT2D eigenvalue weighted by molar-refractivity contribution is 5.97. The van der Waals surface area contributed by atoms with Crippen LogP contribution in [0.3, 0.4) is 0 Å². The molecule has 60 valence electrons. The first-order chi connectivity index (χ1) is 5.29. The normalized spacial score (nSPS) is 15.4. The van der Waals surface area contributed by atoms with E-state index in [-0.39, 0.29) is 11.5 Å². The molecule has 0 heterocycles. The summed E-state index contributed by atoms with van der Waals surface area (Å²) in [7, 11) is 0. The molecule has 11 heavy (non-hydrogen) atoms. The second kappa shape index (κ2) is 3.35. The van der Waals surface area contributed by atoms with Crippen LogP contribution in [0.15, 0.2) is 5.57 Å². The van der Waals surface area contributed by atoms with Crippen LogP contribution in [0.4, 0.5) is 0 Å². The molecule has 0 amide bonds. The van der Waals surface area contributed by atoms with Crippen molar-refractivity contribution < 1.29 is 14.3 Å². The number of hydrogen-bond donors (Lipinski definition) is 0. The number of ether oxygens (including phenoxy) is 1. The Bertz CT molecular complexity index is 209. The first-order valence-corrected chi connectivity index (χ1v) is 3.71. The van der Waals surface area contributed by atoms with E-state index in [1.807, 2.05) is 0 Å². The molecule has 0 radical (unpaired) electrons. The maximum atomic E-state index is 10.9. The lowest BCUT2D eigenvalue weighted by molar-refractivity contribution is -0.138. The lowest BCUT2D eigenvalue weighted by Crippen LogP contribution is -2.09. The topological polar surface area (TPSA) is 43.4 Å². The zero-order valence-corrected chi connectivity index (χ0v) is 6.42. The monoisotopic (exact) mass is 154 g/mol. The van der Waals surface area contributed by atoms with Crippen molar-refractivity contribution in [1.82, 2.24) is 0 Å². The first-order valence-electron chi connectivity index (χ1n) is 3.71. The Labute approximate surface area is 65.0 Å². The molecular formula is C8H10O3. The number of rotatable bonds is 3. The Morgan fingerprint density at radius 3 is 2.64 bits per heavy atom. The number of carbonyl (C=O) groups excluding carboxylic acids is 2. The molecule has 0 atom stereocenters. The van der Waals surface area contributed by atoms with Crippen LogP contribution in [0.2, 0.25) is 0 Å². The Morgan fingerprint density at radius 1 is 1.64 bits per heavy atom. The number of hydrogen-bond acceptors (Lipinski definition) is 3. The molecule has 1 saturated carbocycles. The molecule has 0 spiro atoms. The minimum atomic E-state index is -0.495. The van der Waals surface area contributed by atoms with Crippen LogP contribution in [-0.2, 0) is 14.3 Å². The molecule has 3 nitrogen and oxygen atoms in total. The van der Waals surface area contributed by atoms with E-state index >= 15 is 0 Å². The van der Waals surface area contributed by atoms with Crippen molar-refractivity contribution in [2.24, 2.45) is 5.92 Å². The Morgan fingerprint density at radius 2 is 2.27 bits per heavy atom. The van der Waals surface area contributed by atoms with Gasteiger partial charge >= 0.3 is 5.97 Å². The standard InChI is InChI=1S/C8H10O3/c1-2-11-8(10)7(5-9)6-3-4-6/h6H,2-4H2,1H3. The zero-order valence-electron chi connectivity index (χ0n) is 6.42. The van der Waals surface area contributed by atoms with Gasteiger partial charge in [0, 0.05) is 5.92 Å². The molecule has 1 aliphatic carbocycles. The van der Waals surface area contributed by atoms with E-state index in [0.29, 0.717) is 6.61 Å². The van der Waals surface area contributed by atoms with Crippen LogP contribution in [0.5, 0.6) is 0 Å². The lowest BCUT2D eigenvalue weighted by Gasteiger charge is -1.99. The van der Waals surface area contributed by atoms with Gasteiger partial charge in [-0.1, -0.05) is 0 Å². The lowest BCUT2D eigenvalue weighted by atomic mass is 10.2. The van der Waals surface area contributed by atoms with E-state index < -0.39 is 5.97 Å². The van der Waals surface area contributed by atoms with Gasteiger partial charge in [-0.15, -0.1) is 0 Å². The molecular weight excluding hydrogens is 144 g/mol. The van der Waals surface area contributed by atoms with E-state index in [9.17, 15) is 9.59 Å². The summed E-state index contributed by atoms with van der Waals surface area (Å²) in [6.45, 7) is 2.03. The van der Waals surface area contributed by atoms with Crippen LogP contribution in [-0.4, -0.2) is 18.5 Å². The highest BCUT2D eigenvalue weighted by Gasteiger charge is 2.32. The van der Waals surface area contributed by atoms with Crippen LogP contribution in [0.25, 0.3) is 0 Å². The molecule has 0 bridgehead atoms. The van der Waals surface area contributed by atoms with E-state index in [4.69, 9.17) is 0 Å². The second-order valence-electron chi connectivity index (χ2n) is 2.51. The maximum absolute atomic E-state index is 10.9. The molecule has 0 N–H and O–H groups in total. The summed E-state index contributed by atoms with van der Waals surface area (Å²) in [5.74, 6) is 1.28. The Balaban J connectivity index is 2.54. The third-order valence-electron chi connectivity index (χ3n) is 1.59. The fourth-order valence-corrected chi connectivity index (χ4v) is 0.873. The molecule has 1 rings (SSSR count). The summed E-state index contributed by atoms with van der Waals surface area (Å²) in [4.78, 5) is 21.2. The predicted molar refractivity (Wildman–Crippen MR) is 38.6 cm³/mol. The van der Waals surface area contributed by atoms with Gasteiger partial charge in [-0.3, -0.25) is 0 Å². The summed E-state index contributed by atoms with van der Waals surface area (Å²) in [6, 6.07) is 0. The molecule has 0 aliphatic heterocycles. The minimum absolute atomic E-state index is 0.131. The predicted octanol–water partition coefficient (Wildman–Crippen LogP) is 0.718. The van der Waals surface area contributed by atoms with Crippen molar-refractivity contribution in [1.29, 1.82) is 0 Å². The van der Waals surface area contributed by atoms with Crippen LogP contribution in [0, 0.1) is 5.92 Å². The Hall–Kier alpha value is -1.08. The second-order valence-corrected chi connectivity index (χ2v) is 2.51. The number of carbonyl (C=O) groups is 1. The average Bonchev–Trinajstić information content (AvgIpc) is 2.73. The van der Waals surface area contributed by atoms with Gasteiger partial charge in [0.05, 0.1) is 6.61 Å². The maximum Gasteiger partial charge on any atom is 0.345 e. The highest BCUT2D eigenvalue weighted by atomic mass is 16.5. The van der Waals surface area contributed by atoms with Crippen molar-refractivity contribution in [3.05, 3.63) is 5.57 Å². The van der Waals surface area contributed by atoms with E-state index in [2.05, 4.69) is 4.74 Å².